The van der Waals surface area contributed by atoms with Gasteiger partial charge in [-0.15, -0.1) is 0 Å². The van der Waals surface area contributed by atoms with Crippen LogP contribution in [0.5, 0.6) is 5.75 Å². The third-order valence-electron chi connectivity index (χ3n) is 2.68. The predicted molar refractivity (Wildman–Crippen MR) is 81.6 cm³/mol. The van der Waals surface area contributed by atoms with Crippen LogP contribution < -0.4 is 10.5 Å². The zero-order valence-corrected chi connectivity index (χ0v) is 13.1. The number of hydrogen-bond acceptors (Lipinski definition) is 4. The van der Waals surface area contributed by atoms with Gasteiger partial charge >= 0.3 is 0 Å². The minimum absolute atomic E-state index is 0.0977. The summed E-state index contributed by atoms with van der Waals surface area (Å²) in [6, 6.07) is 3.29. The first kappa shape index (κ1) is 17.5. The Bertz CT molecular complexity index is 416. The number of hydrogen-bond donors (Lipinski definition) is 2. The largest absolute Gasteiger partial charge is 0.489 e. The summed E-state index contributed by atoms with van der Waals surface area (Å²) in [7, 11) is 0. The van der Waals surface area contributed by atoms with E-state index in [1.807, 2.05) is 0 Å². The number of ether oxygens (including phenoxy) is 2. The highest BCUT2D eigenvalue weighted by Gasteiger charge is 2.12. The first-order valence-corrected chi connectivity index (χ1v) is 7.40. The molecule has 20 heavy (non-hydrogen) atoms. The van der Waals surface area contributed by atoms with Crippen LogP contribution in [-0.2, 0) is 11.3 Å². The summed E-state index contributed by atoms with van der Waals surface area (Å²) in [5.74, 6) is 0.464. The summed E-state index contributed by atoms with van der Waals surface area (Å²) in [6.45, 7) is 3.32. The molecule has 6 heteroatoms. The van der Waals surface area contributed by atoms with Crippen LogP contribution in [0.15, 0.2) is 12.1 Å². The van der Waals surface area contributed by atoms with Gasteiger partial charge in [0, 0.05) is 23.7 Å². The van der Waals surface area contributed by atoms with Crippen molar-refractivity contribution in [2.24, 2.45) is 5.73 Å². The van der Waals surface area contributed by atoms with Crippen LogP contribution in [0, 0.1) is 0 Å². The SMILES string of the molecule is CCCCOCC(O)COc1c(Cl)cc(Cl)cc1CN. The molecule has 0 aliphatic heterocycles. The number of rotatable bonds is 9. The third kappa shape index (κ3) is 5.85. The zero-order valence-electron chi connectivity index (χ0n) is 11.6. The van der Waals surface area contributed by atoms with Crippen molar-refractivity contribution >= 4 is 23.2 Å². The quantitative estimate of drug-likeness (QED) is 0.686. The molecule has 0 fully saturated rings. The van der Waals surface area contributed by atoms with Crippen molar-refractivity contribution < 1.29 is 14.6 Å². The second-order valence-electron chi connectivity index (χ2n) is 4.47. The van der Waals surface area contributed by atoms with Crippen molar-refractivity contribution in [1.29, 1.82) is 0 Å². The molecule has 0 heterocycles. The standard InChI is InChI=1S/C14H21Cl2NO3/c1-2-3-4-19-8-12(18)9-20-14-10(7-17)5-11(15)6-13(14)16/h5-6,12,18H,2-4,7-9,17H2,1H3. The molecule has 1 atom stereocenters. The monoisotopic (exact) mass is 321 g/mol. The Morgan fingerprint density at radius 1 is 1.30 bits per heavy atom. The lowest BCUT2D eigenvalue weighted by Gasteiger charge is -2.16. The lowest BCUT2D eigenvalue weighted by Crippen LogP contribution is -2.24. The molecule has 0 radical (unpaired) electrons. The molecule has 0 saturated carbocycles. The van der Waals surface area contributed by atoms with Crippen molar-refractivity contribution in [2.75, 3.05) is 19.8 Å². The first-order chi connectivity index (χ1) is 9.58. The van der Waals surface area contributed by atoms with Crippen molar-refractivity contribution in [2.45, 2.75) is 32.4 Å². The predicted octanol–water partition coefficient (Wildman–Crippen LogP) is 3.01. The van der Waals surface area contributed by atoms with E-state index in [2.05, 4.69) is 6.92 Å². The molecule has 0 aliphatic carbocycles. The molecule has 1 unspecified atom stereocenters. The third-order valence-corrected chi connectivity index (χ3v) is 3.18. The van der Waals surface area contributed by atoms with Crippen LogP contribution in [0.3, 0.4) is 0 Å². The lowest BCUT2D eigenvalue weighted by atomic mass is 10.2. The summed E-state index contributed by atoms with van der Waals surface area (Å²) in [6.07, 6.45) is 1.34. The second-order valence-corrected chi connectivity index (χ2v) is 5.32. The number of nitrogens with two attached hydrogens (primary N) is 1. The molecule has 114 valence electrons. The minimum Gasteiger partial charge on any atom is -0.489 e. The minimum atomic E-state index is -0.704. The zero-order chi connectivity index (χ0) is 15.0. The van der Waals surface area contributed by atoms with Gasteiger partial charge in [0.1, 0.15) is 18.5 Å². The van der Waals surface area contributed by atoms with Gasteiger partial charge in [-0.05, 0) is 18.6 Å². The fourth-order valence-corrected chi connectivity index (χ4v) is 2.21. The Morgan fingerprint density at radius 3 is 2.70 bits per heavy atom. The highest BCUT2D eigenvalue weighted by molar-refractivity contribution is 6.35. The van der Waals surface area contributed by atoms with Crippen molar-refractivity contribution in [3.63, 3.8) is 0 Å². The van der Waals surface area contributed by atoms with Crippen LogP contribution in [0.25, 0.3) is 0 Å². The number of aliphatic hydroxyl groups is 1. The second kappa shape index (κ2) is 9.42. The molecular weight excluding hydrogens is 301 g/mol. The smallest absolute Gasteiger partial charge is 0.142 e. The van der Waals surface area contributed by atoms with E-state index in [4.69, 9.17) is 38.4 Å². The van der Waals surface area contributed by atoms with Gasteiger partial charge in [-0.25, -0.2) is 0 Å². The average molecular weight is 322 g/mol. The van der Waals surface area contributed by atoms with E-state index in [1.54, 1.807) is 12.1 Å². The number of aliphatic hydroxyl groups excluding tert-OH is 1. The van der Waals surface area contributed by atoms with Crippen molar-refractivity contribution in [3.05, 3.63) is 27.7 Å². The molecule has 0 aromatic heterocycles. The van der Waals surface area contributed by atoms with Crippen LogP contribution in [0.1, 0.15) is 25.3 Å². The first-order valence-electron chi connectivity index (χ1n) is 6.65. The maximum atomic E-state index is 9.77. The maximum Gasteiger partial charge on any atom is 0.142 e. The van der Waals surface area contributed by atoms with Gasteiger partial charge in [0.15, 0.2) is 0 Å². The Balaban J connectivity index is 2.48. The van der Waals surface area contributed by atoms with E-state index in [9.17, 15) is 5.11 Å². The van der Waals surface area contributed by atoms with E-state index < -0.39 is 6.10 Å². The van der Waals surface area contributed by atoms with Gasteiger partial charge in [0.05, 0.1) is 11.6 Å². The van der Waals surface area contributed by atoms with E-state index >= 15 is 0 Å². The summed E-state index contributed by atoms with van der Waals surface area (Å²) < 4.78 is 10.9. The molecule has 0 amide bonds. The topological polar surface area (TPSA) is 64.7 Å². The van der Waals surface area contributed by atoms with Gasteiger partial charge in [-0.1, -0.05) is 36.5 Å². The van der Waals surface area contributed by atoms with E-state index in [0.717, 1.165) is 12.8 Å². The highest BCUT2D eigenvalue weighted by Crippen LogP contribution is 2.32. The fraction of sp³-hybridized carbons (Fsp3) is 0.571. The molecule has 3 N–H and O–H groups in total. The Hall–Kier alpha value is -0.520. The summed E-state index contributed by atoms with van der Waals surface area (Å²) in [5.41, 5.74) is 6.33. The van der Waals surface area contributed by atoms with Crippen LogP contribution in [-0.4, -0.2) is 31.0 Å². The number of benzene rings is 1. The van der Waals surface area contributed by atoms with E-state index in [0.29, 0.717) is 28.0 Å². The fourth-order valence-electron chi connectivity index (χ4n) is 1.62. The van der Waals surface area contributed by atoms with Gasteiger partial charge in [0.25, 0.3) is 0 Å². The lowest BCUT2D eigenvalue weighted by molar-refractivity contribution is 0.0111. The molecule has 4 nitrogen and oxygen atoms in total. The van der Waals surface area contributed by atoms with Gasteiger partial charge in [-0.2, -0.15) is 0 Å². The van der Waals surface area contributed by atoms with Crippen LogP contribution in [0.4, 0.5) is 0 Å². The molecule has 0 aliphatic rings. The van der Waals surface area contributed by atoms with Gasteiger partial charge in [-0.3, -0.25) is 0 Å². The Morgan fingerprint density at radius 2 is 2.05 bits per heavy atom. The normalized spacial score (nSPS) is 12.4. The molecule has 0 saturated heterocycles. The number of halogens is 2. The summed E-state index contributed by atoms with van der Waals surface area (Å²) >= 11 is 12.0. The molecule has 1 aromatic rings. The Kier molecular flexibility index (Phi) is 8.26. The van der Waals surface area contributed by atoms with Crippen molar-refractivity contribution in [1.82, 2.24) is 0 Å². The maximum absolute atomic E-state index is 9.77. The highest BCUT2D eigenvalue weighted by atomic mass is 35.5. The molecule has 0 bridgehead atoms. The summed E-state index contributed by atoms with van der Waals surface area (Å²) in [4.78, 5) is 0. The van der Waals surface area contributed by atoms with Gasteiger partial charge in [0.2, 0.25) is 0 Å². The molecular formula is C14H21Cl2NO3. The van der Waals surface area contributed by atoms with Crippen LogP contribution >= 0.6 is 23.2 Å². The van der Waals surface area contributed by atoms with E-state index in [1.165, 1.54) is 0 Å². The molecule has 1 aromatic carbocycles. The van der Waals surface area contributed by atoms with Crippen LogP contribution in [0.2, 0.25) is 10.0 Å². The van der Waals surface area contributed by atoms with E-state index in [-0.39, 0.29) is 19.8 Å². The van der Waals surface area contributed by atoms with Crippen molar-refractivity contribution in [3.8, 4) is 5.75 Å². The molecule has 1 rings (SSSR count). The Labute approximate surface area is 129 Å². The molecule has 0 spiro atoms. The van der Waals surface area contributed by atoms with Gasteiger partial charge < -0.3 is 20.3 Å². The average Bonchev–Trinajstić information content (AvgIpc) is 2.41. The number of unbranched alkanes of at least 4 members (excludes halogenated alkanes) is 1. The summed E-state index contributed by atoms with van der Waals surface area (Å²) in [5, 5.41) is 10.7.